The molecule has 2 N–H and O–H groups in total. The molecule has 0 fully saturated rings. The van der Waals surface area contributed by atoms with E-state index in [0.29, 0.717) is 23.7 Å². The number of hydrogen-bond donors (Lipinski definition) is 2. The molecule has 124 valence electrons. The highest BCUT2D eigenvalue weighted by Gasteiger charge is 2.35. The van der Waals surface area contributed by atoms with Crippen molar-refractivity contribution < 1.29 is 19.2 Å². The summed E-state index contributed by atoms with van der Waals surface area (Å²) in [5.41, 5.74) is 0.662. The zero-order valence-electron chi connectivity index (χ0n) is 13.2. The van der Waals surface area contributed by atoms with Crippen molar-refractivity contribution >= 4 is 6.03 Å². The summed E-state index contributed by atoms with van der Waals surface area (Å²) in [6, 6.07) is 3.67. The minimum Gasteiger partial charge on any atom is -0.493 e. The fraction of sp³-hybridized carbons (Fsp3) is 0.400. The van der Waals surface area contributed by atoms with Gasteiger partial charge in [0, 0.05) is 0 Å². The van der Waals surface area contributed by atoms with Gasteiger partial charge in [-0.25, -0.2) is 4.79 Å². The molecule has 23 heavy (non-hydrogen) atoms. The number of ether oxygens (including phenoxy) is 2. The van der Waals surface area contributed by atoms with E-state index >= 15 is 0 Å². The summed E-state index contributed by atoms with van der Waals surface area (Å²) in [6.07, 6.45) is 0.850. The van der Waals surface area contributed by atoms with Crippen LogP contribution in [0.1, 0.15) is 31.9 Å². The van der Waals surface area contributed by atoms with Crippen LogP contribution in [0.25, 0.3) is 0 Å². The Kier molecular flexibility index (Phi) is 5.05. The summed E-state index contributed by atoms with van der Waals surface area (Å²) in [4.78, 5) is 22.5. The van der Waals surface area contributed by atoms with Crippen molar-refractivity contribution in [3.8, 4) is 11.5 Å². The zero-order valence-corrected chi connectivity index (χ0v) is 13.2. The third-order valence-corrected chi connectivity index (χ3v) is 3.41. The summed E-state index contributed by atoms with van der Waals surface area (Å²) in [7, 11) is 1.49. The largest absolute Gasteiger partial charge is 0.493 e. The number of benzene rings is 1. The third-order valence-electron chi connectivity index (χ3n) is 3.41. The number of nitrogens with one attached hydrogen (secondary N) is 2. The van der Waals surface area contributed by atoms with Gasteiger partial charge in [0.15, 0.2) is 11.5 Å². The Bertz CT molecular complexity index is 657. The van der Waals surface area contributed by atoms with Crippen LogP contribution in [0.15, 0.2) is 29.6 Å². The third kappa shape index (κ3) is 3.53. The lowest BCUT2D eigenvalue weighted by Gasteiger charge is -2.24. The Morgan fingerprint density at radius 3 is 2.70 bits per heavy atom. The number of methoxy groups -OCH3 is 1. The first-order valence-corrected chi connectivity index (χ1v) is 7.21. The number of carbonyl (C=O) groups is 1. The average Bonchev–Trinajstić information content (AvgIpc) is 2.51. The molecule has 0 bridgehead atoms. The van der Waals surface area contributed by atoms with Crippen LogP contribution in [-0.4, -0.2) is 24.7 Å². The molecule has 8 nitrogen and oxygen atoms in total. The summed E-state index contributed by atoms with van der Waals surface area (Å²) in [6.45, 7) is 4.03. The molecule has 1 aliphatic heterocycles. The standard InChI is InChI=1S/C15H19N3O5/c1-4-7-23-11-6-5-10(8-12(11)22-3)13-14(18(20)21)9(2)16-15(19)17-13/h5-6,8,13H,4,7H2,1-3H3,(H2,16,17,19). The fourth-order valence-electron chi connectivity index (χ4n) is 2.36. The lowest BCUT2D eigenvalue weighted by molar-refractivity contribution is -0.432. The average molecular weight is 321 g/mol. The lowest BCUT2D eigenvalue weighted by atomic mass is 10.0. The molecule has 2 rings (SSSR count). The summed E-state index contributed by atoms with van der Waals surface area (Å²) in [5, 5.41) is 16.3. The number of nitrogens with zero attached hydrogens (tertiary/aromatic N) is 1. The Balaban J connectivity index is 2.41. The number of allylic oxidation sites excluding steroid dienone is 1. The topological polar surface area (TPSA) is 103 Å². The Hall–Kier alpha value is -2.77. The van der Waals surface area contributed by atoms with E-state index in [9.17, 15) is 14.9 Å². The van der Waals surface area contributed by atoms with Crippen LogP contribution in [0.2, 0.25) is 0 Å². The number of nitro groups is 1. The first kappa shape index (κ1) is 16.6. The first-order valence-electron chi connectivity index (χ1n) is 7.21. The van der Waals surface area contributed by atoms with E-state index in [-0.39, 0.29) is 11.4 Å². The van der Waals surface area contributed by atoms with E-state index in [1.807, 2.05) is 6.92 Å². The van der Waals surface area contributed by atoms with Crippen molar-refractivity contribution in [2.75, 3.05) is 13.7 Å². The maximum absolute atomic E-state index is 11.7. The highest BCUT2D eigenvalue weighted by Crippen LogP contribution is 2.34. The van der Waals surface area contributed by atoms with Crippen molar-refractivity contribution in [3.05, 3.63) is 45.3 Å². The summed E-state index contributed by atoms with van der Waals surface area (Å²) >= 11 is 0. The van der Waals surface area contributed by atoms with E-state index in [1.54, 1.807) is 18.2 Å². The van der Waals surface area contributed by atoms with E-state index in [1.165, 1.54) is 14.0 Å². The Labute approximate surface area is 133 Å². The van der Waals surface area contributed by atoms with Crippen molar-refractivity contribution in [2.24, 2.45) is 0 Å². The van der Waals surface area contributed by atoms with Gasteiger partial charge >= 0.3 is 6.03 Å². The smallest absolute Gasteiger partial charge is 0.320 e. The highest BCUT2D eigenvalue weighted by molar-refractivity contribution is 5.78. The monoisotopic (exact) mass is 321 g/mol. The second-order valence-electron chi connectivity index (χ2n) is 5.06. The molecule has 0 spiro atoms. The van der Waals surface area contributed by atoms with E-state index in [0.717, 1.165) is 6.42 Å². The predicted molar refractivity (Wildman–Crippen MR) is 82.9 cm³/mol. The van der Waals surface area contributed by atoms with Crippen LogP contribution in [-0.2, 0) is 0 Å². The molecular formula is C15H19N3O5. The minimum atomic E-state index is -0.854. The molecule has 1 atom stereocenters. The molecule has 0 radical (unpaired) electrons. The molecule has 0 aliphatic carbocycles. The van der Waals surface area contributed by atoms with Gasteiger partial charge in [0.25, 0.3) is 5.70 Å². The van der Waals surface area contributed by atoms with Crippen molar-refractivity contribution in [2.45, 2.75) is 26.3 Å². The number of hydrogen-bond acceptors (Lipinski definition) is 5. The lowest BCUT2D eigenvalue weighted by Crippen LogP contribution is -2.45. The van der Waals surface area contributed by atoms with Gasteiger partial charge in [-0.1, -0.05) is 13.0 Å². The van der Waals surface area contributed by atoms with Crippen LogP contribution < -0.4 is 20.1 Å². The molecule has 1 unspecified atom stereocenters. The highest BCUT2D eigenvalue weighted by atomic mass is 16.6. The van der Waals surface area contributed by atoms with Crippen molar-refractivity contribution in [1.82, 2.24) is 10.6 Å². The number of rotatable bonds is 6. The molecule has 1 aliphatic rings. The van der Waals surface area contributed by atoms with Crippen LogP contribution in [0.4, 0.5) is 4.79 Å². The molecular weight excluding hydrogens is 302 g/mol. The first-order chi connectivity index (χ1) is 11.0. The van der Waals surface area contributed by atoms with Crippen LogP contribution in [0.3, 0.4) is 0 Å². The van der Waals surface area contributed by atoms with Gasteiger partial charge in [-0.15, -0.1) is 0 Å². The normalized spacial score (nSPS) is 17.3. The molecule has 1 aromatic rings. The second-order valence-corrected chi connectivity index (χ2v) is 5.06. The van der Waals surface area contributed by atoms with E-state index in [2.05, 4.69) is 10.6 Å². The van der Waals surface area contributed by atoms with Gasteiger partial charge in [-0.05, 0) is 31.0 Å². The van der Waals surface area contributed by atoms with Crippen molar-refractivity contribution in [3.63, 3.8) is 0 Å². The van der Waals surface area contributed by atoms with Crippen molar-refractivity contribution in [1.29, 1.82) is 0 Å². The Morgan fingerprint density at radius 2 is 2.09 bits per heavy atom. The van der Waals surface area contributed by atoms with Gasteiger partial charge in [0.05, 0.1) is 24.3 Å². The maximum Gasteiger partial charge on any atom is 0.320 e. The van der Waals surface area contributed by atoms with Crippen LogP contribution in [0, 0.1) is 10.1 Å². The molecule has 0 saturated carbocycles. The number of amides is 2. The molecule has 2 amide bonds. The zero-order chi connectivity index (χ0) is 17.0. The molecule has 1 heterocycles. The molecule has 8 heteroatoms. The Morgan fingerprint density at radius 1 is 1.35 bits per heavy atom. The van der Waals surface area contributed by atoms with Gasteiger partial charge in [0.1, 0.15) is 6.04 Å². The number of carbonyl (C=O) groups excluding carboxylic acids is 1. The minimum absolute atomic E-state index is 0.103. The molecule has 0 saturated heterocycles. The quantitative estimate of drug-likeness (QED) is 0.618. The predicted octanol–water partition coefficient (Wildman–Crippen LogP) is 2.35. The number of urea groups is 1. The second kappa shape index (κ2) is 6.99. The molecule has 1 aromatic carbocycles. The van der Waals surface area contributed by atoms with Crippen LogP contribution >= 0.6 is 0 Å². The maximum atomic E-state index is 11.7. The van der Waals surface area contributed by atoms with Gasteiger partial charge in [0.2, 0.25) is 0 Å². The van der Waals surface area contributed by atoms with E-state index in [4.69, 9.17) is 9.47 Å². The summed E-state index contributed by atoms with van der Waals surface area (Å²) < 4.78 is 10.8. The molecule has 0 aromatic heterocycles. The fourth-order valence-corrected chi connectivity index (χ4v) is 2.36. The van der Waals surface area contributed by atoms with E-state index < -0.39 is 17.0 Å². The van der Waals surface area contributed by atoms with Gasteiger partial charge in [-0.3, -0.25) is 10.1 Å². The SMILES string of the molecule is CCCOc1ccc(C2NC(=O)NC(C)=C2[N+](=O)[O-])cc1OC. The van der Waals surface area contributed by atoms with Crippen LogP contribution in [0.5, 0.6) is 11.5 Å². The summed E-state index contributed by atoms with van der Waals surface area (Å²) in [5.74, 6) is 1.02. The van der Waals surface area contributed by atoms with Gasteiger partial charge < -0.3 is 20.1 Å². The van der Waals surface area contributed by atoms with Gasteiger partial charge in [-0.2, -0.15) is 0 Å².